The maximum atomic E-state index is 12.8. The van der Waals surface area contributed by atoms with Crippen LogP contribution in [0.15, 0.2) is 24.3 Å². The Balaban J connectivity index is 1.84. The number of benzene rings is 1. The molecule has 0 bridgehead atoms. The van der Waals surface area contributed by atoms with Crippen molar-refractivity contribution in [3.05, 3.63) is 29.8 Å². The van der Waals surface area contributed by atoms with Gasteiger partial charge in [0.05, 0.1) is 12.9 Å². The first-order valence-electron chi connectivity index (χ1n) is 8.38. The third-order valence-electron chi connectivity index (χ3n) is 5.37. The van der Waals surface area contributed by atoms with Crippen LogP contribution >= 0.6 is 0 Å². The highest BCUT2D eigenvalue weighted by Gasteiger charge is 2.60. The third-order valence-corrected chi connectivity index (χ3v) is 7.16. The lowest BCUT2D eigenvalue weighted by molar-refractivity contribution is -0.148. The number of carboxylic acids is 1. The Hall–Kier alpha value is -2.13. The van der Waals surface area contributed by atoms with Gasteiger partial charge < -0.3 is 14.7 Å². The van der Waals surface area contributed by atoms with Crippen LogP contribution in [0.1, 0.15) is 17.3 Å². The standard InChI is InChI=1S/C17H22N2O6S/c1-3-26(23,24)19-9-13-8-18(10-17(13,11-19)16(21)22)15(20)12-5-4-6-14(7-12)25-2/h4-7,13H,3,8-11H2,1-2H3,(H,21,22)/t13?,17-/m0/s1. The quantitative estimate of drug-likeness (QED) is 0.795. The highest BCUT2D eigenvalue weighted by Crippen LogP contribution is 2.44. The number of fused-ring (bicyclic) bond motifs is 1. The molecule has 2 fully saturated rings. The summed E-state index contributed by atoms with van der Waals surface area (Å²) in [4.78, 5) is 26.3. The van der Waals surface area contributed by atoms with Gasteiger partial charge in [-0.25, -0.2) is 12.7 Å². The number of methoxy groups -OCH3 is 1. The number of hydrogen-bond donors (Lipinski definition) is 1. The van der Waals surface area contributed by atoms with E-state index in [1.54, 1.807) is 24.3 Å². The molecule has 2 saturated heterocycles. The van der Waals surface area contributed by atoms with E-state index in [0.717, 1.165) is 0 Å². The number of sulfonamides is 1. The molecule has 0 aromatic heterocycles. The Morgan fingerprint density at radius 2 is 2.04 bits per heavy atom. The Labute approximate surface area is 152 Å². The number of ether oxygens (including phenoxy) is 1. The highest BCUT2D eigenvalue weighted by molar-refractivity contribution is 7.89. The zero-order valence-electron chi connectivity index (χ0n) is 14.7. The summed E-state index contributed by atoms with van der Waals surface area (Å²) in [5.41, 5.74) is -0.834. The van der Waals surface area contributed by atoms with E-state index in [2.05, 4.69) is 0 Å². The SMILES string of the molecule is CCS(=O)(=O)N1CC2CN(C(=O)c3cccc(OC)c3)C[C@]2(C(=O)O)C1. The summed E-state index contributed by atoms with van der Waals surface area (Å²) in [6.07, 6.45) is 0. The minimum atomic E-state index is -3.46. The van der Waals surface area contributed by atoms with Crippen molar-refractivity contribution in [3.8, 4) is 5.75 Å². The summed E-state index contributed by atoms with van der Waals surface area (Å²) in [5, 5.41) is 9.80. The average molecular weight is 382 g/mol. The summed E-state index contributed by atoms with van der Waals surface area (Å²) in [6.45, 7) is 1.79. The molecular weight excluding hydrogens is 360 g/mol. The molecular formula is C17H22N2O6S. The summed E-state index contributed by atoms with van der Waals surface area (Å²) < 4.78 is 30.7. The molecule has 3 rings (SSSR count). The van der Waals surface area contributed by atoms with Gasteiger partial charge >= 0.3 is 5.97 Å². The third kappa shape index (κ3) is 2.95. The van der Waals surface area contributed by atoms with Gasteiger partial charge in [-0.2, -0.15) is 0 Å². The molecule has 8 nitrogen and oxygen atoms in total. The fraction of sp³-hybridized carbons (Fsp3) is 0.529. The number of hydrogen-bond acceptors (Lipinski definition) is 5. The average Bonchev–Trinajstić information content (AvgIpc) is 3.17. The van der Waals surface area contributed by atoms with Crippen molar-refractivity contribution in [2.24, 2.45) is 11.3 Å². The Bertz CT molecular complexity index is 839. The van der Waals surface area contributed by atoms with E-state index in [0.29, 0.717) is 11.3 Å². The predicted octanol–water partition coefficient (Wildman–Crippen LogP) is 0.504. The number of aliphatic carboxylic acids is 1. The number of carboxylic acid groups (broad SMARTS) is 1. The predicted molar refractivity (Wildman–Crippen MR) is 93.5 cm³/mol. The van der Waals surface area contributed by atoms with Crippen molar-refractivity contribution >= 4 is 21.9 Å². The maximum Gasteiger partial charge on any atom is 0.313 e. The van der Waals surface area contributed by atoms with Gasteiger partial charge in [0.15, 0.2) is 0 Å². The van der Waals surface area contributed by atoms with Gasteiger partial charge in [0.2, 0.25) is 10.0 Å². The molecule has 1 unspecified atom stereocenters. The van der Waals surface area contributed by atoms with Crippen molar-refractivity contribution < 1.29 is 27.9 Å². The van der Waals surface area contributed by atoms with E-state index < -0.39 is 27.3 Å². The number of nitrogens with zero attached hydrogens (tertiary/aromatic N) is 2. The number of rotatable bonds is 5. The summed E-state index contributed by atoms with van der Waals surface area (Å²) >= 11 is 0. The van der Waals surface area contributed by atoms with Gasteiger partial charge in [-0.05, 0) is 25.1 Å². The smallest absolute Gasteiger partial charge is 0.313 e. The minimum absolute atomic E-state index is 0.00121. The van der Waals surface area contributed by atoms with Crippen LogP contribution in [-0.4, -0.2) is 73.6 Å². The van der Waals surface area contributed by atoms with Gasteiger partial charge in [-0.15, -0.1) is 0 Å². The van der Waals surface area contributed by atoms with E-state index in [4.69, 9.17) is 4.74 Å². The molecule has 0 aliphatic carbocycles. The number of likely N-dealkylation sites (tertiary alicyclic amines) is 1. The lowest BCUT2D eigenvalue weighted by Crippen LogP contribution is -2.43. The van der Waals surface area contributed by atoms with Crippen molar-refractivity contribution in [1.29, 1.82) is 0 Å². The van der Waals surface area contributed by atoms with Crippen LogP contribution in [-0.2, 0) is 14.8 Å². The van der Waals surface area contributed by atoms with Crippen LogP contribution in [0, 0.1) is 11.3 Å². The van der Waals surface area contributed by atoms with Crippen LogP contribution in [0.25, 0.3) is 0 Å². The molecule has 142 valence electrons. The molecule has 2 aliphatic heterocycles. The first-order chi connectivity index (χ1) is 12.2. The van der Waals surface area contributed by atoms with Crippen molar-refractivity contribution in [2.45, 2.75) is 6.92 Å². The van der Waals surface area contributed by atoms with Crippen LogP contribution in [0.5, 0.6) is 5.75 Å². The topological polar surface area (TPSA) is 104 Å². The molecule has 26 heavy (non-hydrogen) atoms. The van der Waals surface area contributed by atoms with E-state index in [1.165, 1.54) is 23.2 Å². The monoisotopic (exact) mass is 382 g/mol. The largest absolute Gasteiger partial charge is 0.497 e. The Kier molecular flexibility index (Phi) is 4.70. The number of carbonyl (C=O) groups is 2. The van der Waals surface area contributed by atoms with Crippen LogP contribution in [0.3, 0.4) is 0 Å². The second-order valence-corrected chi connectivity index (χ2v) is 9.03. The molecule has 0 saturated carbocycles. The molecule has 2 heterocycles. The molecule has 1 amide bonds. The van der Waals surface area contributed by atoms with Crippen LogP contribution < -0.4 is 4.74 Å². The molecule has 0 spiro atoms. The van der Waals surface area contributed by atoms with Crippen molar-refractivity contribution in [1.82, 2.24) is 9.21 Å². The fourth-order valence-corrected chi connectivity index (χ4v) is 5.01. The molecule has 2 aliphatic rings. The van der Waals surface area contributed by atoms with E-state index in [-0.39, 0.29) is 37.8 Å². The number of carbonyl (C=O) groups excluding carboxylic acids is 1. The minimum Gasteiger partial charge on any atom is -0.497 e. The van der Waals surface area contributed by atoms with Gasteiger partial charge in [0.25, 0.3) is 5.91 Å². The van der Waals surface area contributed by atoms with E-state index in [1.807, 2.05) is 0 Å². The van der Waals surface area contributed by atoms with Crippen LogP contribution in [0.2, 0.25) is 0 Å². The fourth-order valence-electron chi connectivity index (χ4n) is 3.81. The number of amides is 1. The van der Waals surface area contributed by atoms with E-state index in [9.17, 15) is 23.1 Å². The van der Waals surface area contributed by atoms with Gasteiger partial charge in [0, 0.05) is 37.7 Å². The zero-order valence-corrected chi connectivity index (χ0v) is 15.5. The summed E-state index contributed by atoms with van der Waals surface area (Å²) in [6, 6.07) is 6.69. The Morgan fingerprint density at radius 3 is 2.62 bits per heavy atom. The summed E-state index contributed by atoms with van der Waals surface area (Å²) in [7, 11) is -1.95. The second-order valence-electron chi connectivity index (χ2n) is 6.77. The first kappa shape index (κ1) is 18.7. The van der Waals surface area contributed by atoms with Gasteiger partial charge in [-0.1, -0.05) is 6.07 Å². The molecule has 0 radical (unpaired) electrons. The van der Waals surface area contributed by atoms with Crippen LogP contribution in [0.4, 0.5) is 0 Å². The first-order valence-corrected chi connectivity index (χ1v) is 9.99. The van der Waals surface area contributed by atoms with E-state index >= 15 is 0 Å². The molecule has 9 heteroatoms. The Morgan fingerprint density at radius 1 is 1.31 bits per heavy atom. The lowest BCUT2D eigenvalue weighted by Gasteiger charge is -2.25. The molecule has 1 aromatic rings. The zero-order chi connectivity index (χ0) is 19.1. The maximum absolute atomic E-state index is 12.8. The second kappa shape index (κ2) is 6.55. The highest BCUT2D eigenvalue weighted by atomic mass is 32.2. The van der Waals surface area contributed by atoms with Crippen molar-refractivity contribution in [2.75, 3.05) is 39.0 Å². The van der Waals surface area contributed by atoms with Gasteiger partial charge in [0.1, 0.15) is 11.2 Å². The molecule has 1 N–H and O–H groups in total. The normalized spacial score (nSPS) is 25.9. The molecule has 2 atom stereocenters. The molecule has 1 aromatic carbocycles. The van der Waals surface area contributed by atoms with Crippen molar-refractivity contribution in [3.63, 3.8) is 0 Å². The lowest BCUT2D eigenvalue weighted by atomic mass is 9.81. The summed E-state index contributed by atoms with van der Waals surface area (Å²) in [5.74, 6) is -1.28. The van der Waals surface area contributed by atoms with Gasteiger partial charge in [-0.3, -0.25) is 9.59 Å².